The fraction of sp³-hybridized carbons (Fsp3) is 0.375. The second-order valence-corrected chi connectivity index (χ2v) is 3.45. The number of aliphatic hydroxyl groups is 1. The van der Waals surface area contributed by atoms with E-state index in [2.05, 4.69) is 4.98 Å². The first kappa shape index (κ1) is 9.78. The van der Waals surface area contributed by atoms with E-state index in [1.54, 1.807) is 19.1 Å². The van der Waals surface area contributed by atoms with E-state index in [1.165, 1.54) is 0 Å². The van der Waals surface area contributed by atoms with Crippen molar-refractivity contribution >= 4 is 23.2 Å². The van der Waals surface area contributed by atoms with Crippen molar-refractivity contribution in [2.45, 2.75) is 19.4 Å². The van der Waals surface area contributed by atoms with Crippen LogP contribution < -0.4 is 0 Å². The van der Waals surface area contributed by atoms with Crippen molar-refractivity contribution in [2.75, 3.05) is 0 Å². The van der Waals surface area contributed by atoms with Crippen LogP contribution >= 0.6 is 23.2 Å². The highest BCUT2D eigenvalue weighted by Gasteiger charge is 2.02. The number of halogens is 2. The van der Waals surface area contributed by atoms with Crippen molar-refractivity contribution in [1.29, 1.82) is 0 Å². The summed E-state index contributed by atoms with van der Waals surface area (Å²) in [4.78, 5) is 3.79. The second-order valence-electron chi connectivity index (χ2n) is 2.67. The monoisotopic (exact) mass is 205 g/mol. The summed E-state index contributed by atoms with van der Waals surface area (Å²) in [5.41, 5.74) is 0.898. The Kier molecular flexibility index (Phi) is 3.32. The molecule has 0 saturated heterocycles. The topological polar surface area (TPSA) is 33.1 Å². The molecule has 1 aromatic heterocycles. The third kappa shape index (κ3) is 2.97. The first-order valence-electron chi connectivity index (χ1n) is 3.58. The minimum atomic E-state index is -0.389. The van der Waals surface area contributed by atoms with Gasteiger partial charge in [0.2, 0.25) is 0 Å². The largest absolute Gasteiger partial charge is 0.393 e. The van der Waals surface area contributed by atoms with Crippen LogP contribution in [0.5, 0.6) is 0 Å². The van der Waals surface area contributed by atoms with E-state index in [9.17, 15) is 0 Å². The van der Waals surface area contributed by atoms with Crippen molar-refractivity contribution in [3.8, 4) is 0 Å². The van der Waals surface area contributed by atoms with Crippen molar-refractivity contribution in [3.05, 3.63) is 28.0 Å². The van der Waals surface area contributed by atoms with Gasteiger partial charge in [-0.2, -0.15) is 0 Å². The molecule has 0 unspecified atom stereocenters. The number of hydrogen-bond acceptors (Lipinski definition) is 2. The fourth-order valence-electron chi connectivity index (χ4n) is 0.973. The number of aliphatic hydroxyl groups excluding tert-OH is 1. The summed E-state index contributed by atoms with van der Waals surface area (Å²) in [5.74, 6) is 0. The molecule has 66 valence electrons. The van der Waals surface area contributed by atoms with Crippen LogP contribution in [0.25, 0.3) is 0 Å². The second kappa shape index (κ2) is 4.08. The number of nitrogens with zero attached hydrogens (tertiary/aromatic N) is 1. The Bertz CT molecular complexity index is 256. The zero-order chi connectivity index (χ0) is 9.14. The first-order chi connectivity index (χ1) is 5.58. The molecule has 0 radical (unpaired) electrons. The predicted octanol–water partition coefficient (Wildman–Crippen LogP) is 2.31. The molecule has 0 aliphatic carbocycles. The first-order valence-corrected chi connectivity index (χ1v) is 4.33. The van der Waals surface area contributed by atoms with E-state index in [-0.39, 0.29) is 6.10 Å². The van der Waals surface area contributed by atoms with E-state index in [0.29, 0.717) is 16.7 Å². The summed E-state index contributed by atoms with van der Waals surface area (Å²) in [7, 11) is 0. The van der Waals surface area contributed by atoms with Crippen LogP contribution in [-0.4, -0.2) is 16.2 Å². The predicted molar refractivity (Wildman–Crippen MR) is 49.6 cm³/mol. The van der Waals surface area contributed by atoms with Crippen molar-refractivity contribution < 1.29 is 5.11 Å². The maximum atomic E-state index is 9.08. The van der Waals surface area contributed by atoms with Gasteiger partial charge in [0, 0.05) is 0 Å². The average Bonchev–Trinajstić information content (AvgIpc) is 1.81. The van der Waals surface area contributed by atoms with E-state index >= 15 is 0 Å². The number of hydrogen-bond donors (Lipinski definition) is 1. The van der Waals surface area contributed by atoms with Crippen LogP contribution in [0.4, 0.5) is 0 Å². The molecule has 0 aromatic carbocycles. The summed E-state index contributed by atoms with van der Waals surface area (Å²) in [5, 5.41) is 9.80. The lowest BCUT2D eigenvalue weighted by atomic mass is 10.1. The summed E-state index contributed by atoms with van der Waals surface area (Å²) in [6.45, 7) is 1.71. The van der Waals surface area contributed by atoms with Gasteiger partial charge in [0.05, 0.1) is 6.10 Å². The Hall–Kier alpha value is -0.310. The Labute approximate surface area is 81.1 Å². The minimum Gasteiger partial charge on any atom is -0.393 e. The summed E-state index contributed by atoms with van der Waals surface area (Å²) in [6.07, 6.45) is 0.154. The maximum absolute atomic E-state index is 9.08. The molecule has 0 amide bonds. The Balaban J connectivity index is 2.85. The standard InChI is InChI=1S/C8H9Cl2NO/c1-5(12)2-6-3-7(9)11-8(10)4-6/h3-5,12H,2H2,1H3/t5-/m0/s1. The molecule has 0 saturated carbocycles. The average molecular weight is 206 g/mol. The van der Waals surface area contributed by atoms with Gasteiger partial charge >= 0.3 is 0 Å². The normalized spacial score (nSPS) is 13.0. The Morgan fingerprint density at radius 3 is 2.33 bits per heavy atom. The van der Waals surface area contributed by atoms with Crippen LogP contribution in [0.1, 0.15) is 12.5 Å². The van der Waals surface area contributed by atoms with Gasteiger partial charge in [0.15, 0.2) is 0 Å². The third-order valence-electron chi connectivity index (χ3n) is 1.35. The van der Waals surface area contributed by atoms with Gasteiger partial charge in [-0.3, -0.25) is 0 Å². The molecule has 0 aliphatic rings. The molecule has 12 heavy (non-hydrogen) atoms. The van der Waals surface area contributed by atoms with E-state index in [1.807, 2.05) is 0 Å². The zero-order valence-electron chi connectivity index (χ0n) is 6.59. The Morgan fingerprint density at radius 1 is 1.42 bits per heavy atom. The molecule has 2 nitrogen and oxygen atoms in total. The van der Waals surface area contributed by atoms with Crippen molar-refractivity contribution in [2.24, 2.45) is 0 Å². The molecule has 0 spiro atoms. The van der Waals surface area contributed by atoms with Crippen LogP contribution in [0.3, 0.4) is 0 Å². The van der Waals surface area contributed by atoms with Gasteiger partial charge < -0.3 is 5.11 Å². The molecule has 4 heteroatoms. The van der Waals surface area contributed by atoms with Gasteiger partial charge in [0.1, 0.15) is 10.3 Å². The summed E-state index contributed by atoms with van der Waals surface area (Å²) >= 11 is 11.3. The molecule has 1 heterocycles. The smallest absolute Gasteiger partial charge is 0.131 e. The SMILES string of the molecule is C[C@H](O)Cc1cc(Cl)nc(Cl)c1. The lowest BCUT2D eigenvalue weighted by Crippen LogP contribution is -2.04. The van der Waals surface area contributed by atoms with Crippen molar-refractivity contribution in [1.82, 2.24) is 4.98 Å². The Morgan fingerprint density at radius 2 is 1.92 bits per heavy atom. The van der Waals surface area contributed by atoms with Gasteiger partial charge in [0.25, 0.3) is 0 Å². The highest BCUT2D eigenvalue weighted by atomic mass is 35.5. The number of rotatable bonds is 2. The maximum Gasteiger partial charge on any atom is 0.131 e. The number of aromatic nitrogens is 1. The quantitative estimate of drug-likeness (QED) is 0.753. The lowest BCUT2D eigenvalue weighted by molar-refractivity contribution is 0.195. The van der Waals surface area contributed by atoms with E-state index in [0.717, 1.165) is 5.56 Å². The van der Waals surface area contributed by atoms with E-state index < -0.39 is 0 Å². The highest BCUT2D eigenvalue weighted by Crippen LogP contribution is 2.15. The highest BCUT2D eigenvalue weighted by molar-refractivity contribution is 6.32. The van der Waals surface area contributed by atoms with Crippen LogP contribution in [0.2, 0.25) is 10.3 Å². The summed E-state index contributed by atoms with van der Waals surface area (Å²) < 4.78 is 0. The van der Waals surface area contributed by atoms with Gasteiger partial charge in [-0.1, -0.05) is 23.2 Å². The minimum absolute atomic E-state index is 0.359. The molecule has 1 N–H and O–H groups in total. The molecule has 1 aromatic rings. The van der Waals surface area contributed by atoms with Crippen LogP contribution in [0, 0.1) is 0 Å². The van der Waals surface area contributed by atoms with Crippen molar-refractivity contribution in [3.63, 3.8) is 0 Å². The zero-order valence-corrected chi connectivity index (χ0v) is 8.10. The van der Waals surface area contributed by atoms with Crippen LogP contribution in [0.15, 0.2) is 12.1 Å². The number of pyridine rings is 1. The van der Waals surface area contributed by atoms with Gasteiger partial charge in [-0.25, -0.2) is 4.98 Å². The molecule has 1 atom stereocenters. The molecule has 0 bridgehead atoms. The molecule has 1 rings (SSSR count). The van der Waals surface area contributed by atoms with Gasteiger partial charge in [-0.05, 0) is 31.0 Å². The lowest BCUT2D eigenvalue weighted by Gasteiger charge is -2.04. The molecule has 0 aliphatic heterocycles. The molecule has 0 fully saturated rings. The van der Waals surface area contributed by atoms with Crippen LogP contribution in [-0.2, 0) is 6.42 Å². The summed E-state index contributed by atoms with van der Waals surface area (Å²) in [6, 6.07) is 3.39. The fourth-order valence-corrected chi connectivity index (χ4v) is 1.48. The van der Waals surface area contributed by atoms with Gasteiger partial charge in [-0.15, -0.1) is 0 Å². The van der Waals surface area contributed by atoms with E-state index in [4.69, 9.17) is 28.3 Å². The third-order valence-corrected chi connectivity index (χ3v) is 1.74. The molecular formula is C8H9Cl2NO. The molecular weight excluding hydrogens is 197 g/mol.